The lowest BCUT2D eigenvalue weighted by Crippen LogP contribution is -2.24. The molecule has 0 aliphatic rings. The van der Waals surface area contributed by atoms with E-state index in [1.165, 1.54) is 6.21 Å². The van der Waals surface area contributed by atoms with Gasteiger partial charge in [0.2, 0.25) is 0 Å². The first kappa shape index (κ1) is 16.0. The second kappa shape index (κ2) is 8.19. The van der Waals surface area contributed by atoms with Crippen molar-refractivity contribution in [3.8, 4) is 11.5 Å². The van der Waals surface area contributed by atoms with Gasteiger partial charge in [-0.15, -0.1) is 0 Å². The minimum absolute atomic E-state index is 0.100. The molecule has 114 valence electrons. The number of para-hydroxylation sites is 1. The summed E-state index contributed by atoms with van der Waals surface area (Å²) in [6.45, 7) is -0.100. The number of rotatable bonds is 6. The van der Waals surface area contributed by atoms with E-state index in [-0.39, 0.29) is 12.5 Å². The molecule has 0 saturated heterocycles. The molecule has 0 spiro atoms. The van der Waals surface area contributed by atoms with Crippen LogP contribution in [-0.4, -0.2) is 25.8 Å². The number of amides is 1. The van der Waals surface area contributed by atoms with Crippen molar-refractivity contribution in [1.82, 2.24) is 5.43 Å². The van der Waals surface area contributed by atoms with Crippen LogP contribution in [0.3, 0.4) is 0 Å². The van der Waals surface area contributed by atoms with Crippen LogP contribution in [0.1, 0.15) is 5.56 Å². The normalized spacial score (nSPS) is 10.5. The Bertz CT molecular complexity index is 660. The molecule has 6 heteroatoms. The van der Waals surface area contributed by atoms with Crippen LogP contribution >= 0.6 is 15.9 Å². The maximum absolute atomic E-state index is 11.6. The molecule has 0 radical (unpaired) electrons. The van der Waals surface area contributed by atoms with E-state index in [2.05, 4.69) is 26.5 Å². The fourth-order valence-electron chi connectivity index (χ4n) is 1.68. The third kappa shape index (κ3) is 4.89. The summed E-state index contributed by atoms with van der Waals surface area (Å²) in [4.78, 5) is 11.6. The number of ether oxygens (including phenoxy) is 2. The van der Waals surface area contributed by atoms with Crippen LogP contribution < -0.4 is 14.9 Å². The number of nitrogens with one attached hydrogen (secondary N) is 1. The van der Waals surface area contributed by atoms with E-state index in [9.17, 15) is 4.79 Å². The molecular weight excluding hydrogens is 348 g/mol. The largest absolute Gasteiger partial charge is 0.496 e. The van der Waals surface area contributed by atoms with Crippen molar-refractivity contribution < 1.29 is 14.3 Å². The smallest absolute Gasteiger partial charge is 0.277 e. The van der Waals surface area contributed by atoms with Gasteiger partial charge >= 0.3 is 0 Å². The van der Waals surface area contributed by atoms with Gasteiger partial charge < -0.3 is 9.47 Å². The summed E-state index contributed by atoms with van der Waals surface area (Å²) in [5.74, 6) is 0.964. The standard InChI is InChI=1S/C16H15BrN2O3/c1-21-15-8-7-13(17)9-12(15)10-18-19-16(20)11-22-14-5-3-2-4-6-14/h2-10H,11H2,1H3,(H,19,20)/b18-10+. The molecule has 0 saturated carbocycles. The van der Waals surface area contributed by atoms with E-state index >= 15 is 0 Å². The predicted molar refractivity (Wildman–Crippen MR) is 88.4 cm³/mol. The molecule has 0 heterocycles. The molecule has 0 aliphatic heterocycles. The number of methoxy groups -OCH3 is 1. The van der Waals surface area contributed by atoms with Crippen LogP contribution in [0.15, 0.2) is 58.1 Å². The van der Waals surface area contributed by atoms with Crippen LogP contribution in [0.25, 0.3) is 0 Å². The van der Waals surface area contributed by atoms with E-state index in [1.807, 2.05) is 36.4 Å². The summed E-state index contributed by atoms with van der Waals surface area (Å²) in [5, 5.41) is 3.90. The Morgan fingerprint density at radius 1 is 1.27 bits per heavy atom. The molecule has 0 fully saturated rings. The van der Waals surface area contributed by atoms with E-state index < -0.39 is 0 Å². The molecule has 0 atom stereocenters. The van der Waals surface area contributed by atoms with E-state index in [1.54, 1.807) is 19.2 Å². The number of benzene rings is 2. The third-order valence-corrected chi connectivity index (χ3v) is 3.19. The summed E-state index contributed by atoms with van der Waals surface area (Å²) >= 11 is 3.37. The van der Waals surface area contributed by atoms with Gasteiger partial charge in [-0.2, -0.15) is 5.10 Å². The molecule has 2 rings (SSSR count). The molecule has 5 nitrogen and oxygen atoms in total. The second-order valence-electron chi connectivity index (χ2n) is 4.28. The zero-order valence-corrected chi connectivity index (χ0v) is 13.5. The number of hydrazone groups is 1. The van der Waals surface area contributed by atoms with Gasteiger partial charge in [0.05, 0.1) is 13.3 Å². The van der Waals surface area contributed by atoms with Crippen molar-refractivity contribution in [1.29, 1.82) is 0 Å². The maximum atomic E-state index is 11.6. The molecule has 0 aromatic heterocycles. The molecule has 2 aromatic rings. The fourth-order valence-corrected chi connectivity index (χ4v) is 2.06. The molecule has 1 amide bonds. The molecule has 1 N–H and O–H groups in total. The van der Waals surface area contributed by atoms with Crippen LogP contribution in [0.4, 0.5) is 0 Å². The Hall–Kier alpha value is -2.34. The van der Waals surface area contributed by atoms with E-state index in [0.29, 0.717) is 11.5 Å². The summed E-state index contributed by atoms with van der Waals surface area (Å²) in [5.41, 5.74) is 3.16. The summed E-state index contributed by atoms with van der Waals surface area (Å²) in [6, 6.07) is 14.6. The molecule has 0 aliphatic carbocycles. The van der Waals surface area contributed by atoms with Crippen molar-refractivity contribution in [3.05, 3.63) is 58.6 Å². The first-order valence-corrected chi connectivity index (χ1v) is 7.31. The van der Waals surface area contributed by atoms with Gasteiger partial charge in [-0.3, -0.25) is 4.79 Å². The first-order chi connectivity index (χ1) is 10.7. The third-order valence-electron chi connectivity index (χ3n) is 2.70. The lowest BCUT2D eigenvalue weighted by Gasteiger charge is -2.05. The SMILES string of the molecule is COc1ccc(Br)cc1/C=N/NC(=O)COc1ccccc1. The van der Waals surface area contributed by atoms with Gasteiger partial charge in [0.15, 0.2) is 6.61 Å². The number of hydrogen-bond acceptors (Lipinski definition) is 4. The number of carbonyl (C=O) groups is 1. The van der Waals surface area contributed by atoms with Crippen molar-refractivity contribution in [2.75, 3.05) is 13.7 Å². The zero-order valence-electron chi connectivity index (χ0n) is 12.0. The minimum Gasteiger partial charge on any atom is -0.496 e. The summed E-state index contributed by atoms with van der Waals surface area (Å²) < 4.78 is 11.4. The van der Waals surface area contributed by atoms with Crippen LogP contribution in [0, 0.1) is 0 Å². The van der Waals surface area contributed by atoms with Crippen molar-refractivity contribution in [3.63, 3.8) is 0 Å². The average molecular weight is 363 g/mol. The summed E-state index contributed by atoms with van der Waals surface area (Å²) in [6.07, 6.45) is 1.52. The van der Waals surface area contributed by atoms with E-state index in [4.69, 9.17) is 9.47 Å². The number of nitrogens with zero attached hydrogens (tertiary/aromatic N) is 1. The van der Waals surface area contributed by atoms with Gasteiger partial charge in [-0.05, 0) is 30.3 Å². The number of carbonyl (C=O) groups excluding carboxylic acids is 1. The topological polar surface area (TPSA) is 59.9 Å². The maximum Gasteiger partial charge on any atom is 0.277 e. The summed E-state index contributed by atoms with van der Waals surface area (Å²) in [7, 11) is 1.58. The van der Waals surface area contributed by atoms with Gasteiger partial charge in [0.25, 0.3) is 5.91 Å². The quantitative estimate of drug-likeness (QED) is 0.634. The van der Waals surface area contributed by atoms with Crippen molar-refractivity contribution >= 4 is 28.1 Å². The van der Waals surface area contributed by atoms with Gasteiger partial charge in [0, 0.05) is 10.0 Å². The lowest BCUT2D eigenvalue weighted by molar-refractivity contribution is -0.123. The Morgan fingerprint density at radius 2 is 2.05 bits per heavy atom. The highest BCUT2D eigenvalue weighted by Crippen LogP contribution is 2.21. The average Bonchev–Trinajstić information content (AvgIpc) is 2.54. The van der Waals surface area contributed by atoms with Gasteiger partial charge in [-0.25, -0.2) is 5.43 Å². The van der Waals surface area contributed by atoms with E-state index in [0.717, 1.165) is 10.0 Å². The zero-order chi connectivity index (χ0) is 15.8. The molecule has 0 unspecified atom stereocenters. The van der Waals surface area contributed by atoms with Crippen molar-refractivity contribution in [2.45, 2.75) is 0 Å². The Balaban J connectivity index is 1.87. The van der Waals surface area contributed by atoms with Gasteiger partial charge in [0.1, 0.15) is 11.5 Å². The highest BCUT2D eigenvalue weighted by molar-refractivity contribution is 9.10. The van der Waals surface area contributed by atoms with Crippen molar-refractivity contribution in [2.24, 2.45) is 5.10 Å². The fraction of sp³-hybridized carbons (Fsp3) is 0.125. The number of hydrogen-bond donors (Lipinski definition) is 1. The highest BCUT2D eigenvalue weighted by atomic mass is 79.9. The molecule has 2 aromatic carbocycles. The highest BCUT2D eigenvalue weighted by Gasteiger charge is 2.03. The minimum atomic E-state index is -0.339. The van der Waals surface area contributed by atoms with Crippen LogP contribution in [-0.2, 0) is 4.79 Å². The second-order valence-corrected chi connectivity index (χ2v) is 5.20. The monoisotopic (exact) mass is 362 g/mol. The molecule has 22 heavy (non-hydrogen) atoms. The molecule has 0 bridgehead atoms. The molecular formula is C16H15BrN2O3. The lowest BCUT2D eigenvalue weighted by atomic mass is 10.2. The van der Waals surface area contributed by atoms with Crippen LogP contribution in [0.2, 0.25) is 0 Å². The Kier molecular flexibility index (Phi) is 5.97. The predicted octanol–water partition coefficient (Wildman–Crippen LogP) is 2.99. The first-order valence-electron chi connectivity index (χ1n) is 6.52. The number of halogens is 1. The Morgan fingerprint density at radius 3 is 2.77 bits per heavy atom. The van der Waals surface area contributed by atoms with Gasteiger partial charge in [-0.1, -0.05) is 34.1 Å². The van der Waals surface area contributed by atoms with Crippen LogP contribution in [0.5, 0.6) is 11.5 Å². The Labute approximate surface area is 137 Å².